The lowest BCUT2D eigenvalue weighted by atomic mass is 9.86. The summed E-state index contributed by atoms with van der Waals surface area (Å²) in [6, 6.07) is 8.74. The third-order valence-electron chi connectivity index (χ3n) is 5.71. The van der Waals surface area contributed by atoms with Crippen LogP contribution in [0.1, 0.15) is 44.7 Å². The molecule has 164 valence electrons. The summed E-state index contributed by atoms with van der Waals surface area (Å²) in [5.41, 5.74) is 10.6. The first-order valence-corrected chi connectivity index (χ1v) is 12.6. The quantitative estimate of drug-likeness (QED) is 0.452. The molecule has 2 atom stereocenters. The van der Waals surface area contributed by atoms with E-state index in [0.29, 0.717) is 0 Å². The van der Waals surface area contributed by atoms with Gasteiger partial charge in [0.15, 0.2) is 0 Å². The van der Waals surface area contributed by atoms with Gasteiger partial charge >= 0.3 is 0 Å². The molecule has 4 nitrogen and oxygen atoms in total. The number of aliphatic imine (C=N–C) groups is 1. The first-order chi connectivity index (χ1) is 14.8. The van der Waals surface area contributed by atoms with Gasteiger partial charge in [0.25, 0.3) is 0 Å². The molecule has 4 rings (SSSR count). The minimum absolute atomic E-state index is 0.0541. The Hall–Kier alpha value is -1.89. The molecule has 0 saturated heterocycles. The van der Waals surface area contributed by atoms with Crippen LogP contribution in [-0.2, 0) is 10.2 Å². The van der Waals surface area contributed by atoms with Gasteiger partial charge in [0.2, 0.25) is 0 Å². The molecule has 0 bridgehead atoms. The zero-order chi connectivity index (χ0) is 22.0. The van der Waals surface area contributed by atoms with Crippen LogP contribution < -0.4 is 11.1 Å². The van der Waals surface area contributed by atoms with Gasteiger partial charge in [-0.25, -0.2) is 4.99 Å². The van der Waals surface area contributed by atoms with E-state index in [-0.39, 0.29) is 16.7 Å². The maximum absolute atomic E-state index is 6.52. The van der Waals surface area contributed by atoms with Gasteiger partial charge in [-0.15, -0.1) is 11.8 Å². The Balaban J connectivity index is 1.43. The lowest BCUT2D eigenvalue weighted by molar-refractivity contribution is 0.266. The minimum Gasteiger partial charge on any atom is -0.486 e. The number of ether oxygens (including phenoxy) is 1. The molecule has 2 aliphatic heterocycles. The number of allylic oxidation sites excluding steroid dienone is 2. The molecule has 0 amide bonds. The Bertz CT molecular complexity index is 967. The van der Waals surface area contributed by atoms with E-state index < -0.39 is 0 Å². The van der Waals surface area contributed by atoms with E-state index in [1.165, 1.54) is 26.5 Å². The topological polar surface area (TPSA) is 59.6 Å². The van der Waals surface area contributed by atoms with Gasteiger partial charge in [-0.3, -0.25) is 0 Å². The Morgan fingerprint density at radius 3 is 2.77 bits per heavy atom. The van der Waals surface area contributed by atoms with Crippen molar-refractivity contribution in [2.75, 3.05) is 12.5 Å². The number of hydrogen-bond acceptors (Lipinski definition) is 5. The van der Waals surface area contributed by atoms with Gasteiger partial charge in [0, 0.05) is 35.0 Å². The van der Waals surface area contributed by atoms with Crippen LogP contribution in [-0.4, -0.2) is 29.6 Å². The second kappa shape index (κ2) is 9.31. The second-order valence-corrected chi connectivity index (χ2v) is 11.2. The second-order valence-electron chi connectivity index (χ2n) is 9.02. The highest BCUT2D eigenvalue weighted by Gasteiger charge is 2.31. The molecule has 0 saturated carbocycles. The fourth-order valence-corrected chi connectivity index (χ4v) is 6.05. The van der Waals surface area contributed by atoms with Gasteiger partial charge in [-0.1, -0.05) is 69.5 Å². The van der Waals surface area contributed by atoms with E-state index >= 15 is 0 Å². The van der Waals surface area contributed by atoms with Crippen molar-refractivity contribution in [3.05, 3.63) is 76.6 Å². The van der Waals surface area contributed by atoms with Crippen molar-refractivity contribution in [3.63, 3.8) is 0 Å². The molecule has 0 radical (unpaired) electrons. The van der Waals surface area contributed by atoms with Crippen LogP contribution in [0, 0.1) is 0 Å². The Morgan fingerprint density at radius 1 is 1.29 bits per heavy atom. The summed E-state index contributed by atoms with van der Waals surface area (Å²) in [4.78, 5) is 7.04. The Kier molecular flexibility index (Phi) is 6.70. The van der Waals surface area contributed by atoms with E-state index in [1.807, 2.05) is 0 Å². The zero-order valence-electron chi connectivity index (χ0n) is 18.5. The third kappa shape index (κ3) is 5.13. The van der Waals surface area contributed by atoms with Crippen LogP contribution in [0.15, 0.2) is 70.4 Å². The summed E-state index contributed by atoms with van der Waals surface area (Å²) < 4.78 is 5.66. The highest BCUT2D eigenvalue weighted by Crippen LogP contribution is 2.40. The summed E-state index contributed by atoms with van der Waals surface area (Å²) in [6.07, 6.45) is 8.02. The molecule has 0 spiro atoms. The molecule has 0 fully saturated rings. The van der Waals surface area contributed by atoms with Gasteiger partial charge < -0.3 is 15.8 Å². The van der Waals surface area contributed by atoms with E-state index in [1.54, 1.807) is 29.7 Å². The molecule has 1 aromatic carbocycles. The molecule has 1 aliphatic carbocycles. The molecule has 3 aliphatic rings. The van der Waals surface area contributed by atoms with E-state index in [4.69, 9.17) is 10.5 Å². The van der Waals surface area contributed by atoms with Crippen LogP contribution in [0.2, 0.25) is 0 Å². The van der Waals surface area contributed by atoms with Gasteiger partial charge in [-0.05, 0) is 34.6 Å². The number of hydrogen-bond donors (Lipinski definition) is 2. The number of rotatable bonds is 5. The normalized spacial score (nSPS) is 23.8. The SMILES string of the molecule is C=C/N=C(/NCC1=CC2=C(CC1)OCS2)C1SC(c2ccc(C(C)(C)C)cc2)=CC1N. The molecule has 3 N–H and O–H groups in total. The van der Waals surface area contributed by atoms with Crippen molar-refractivity contribution in [2.45, 2.75) is 50.3 Å². The molecule has 2 heterocycles. The summed E-state index contributed by atoms with van der Waals surface area (Å²) in [5.74, 6) is 2.78. The lowest BCUT2D eigenvalue weighted by Gasteiger charge is -2.21. The van der Waals surface area contributed by atoms with Gasteiger partial charge in [0.05, 0.1) is 5.25 Å². The molecular weight excluding hydrogens is 422 g/mol. The largest absolute Gasteiger partial charge is 0.486 e. The number of benzene rings is 1. The summed E-state index contributed by atoms with van der Waals surface area (Å²) >= 11 is 3.55. The molecule has 6 heteroatoms. The van der Waals surface area contributed by atoms with Crippen LogP contribution in [0.3, 0.4) is 0 Å². The van der Waals surface area contributed by atoms with Crippen LogP contribution in [0.4, 0.5) is 0 Å². The number of nitrogens with zero attached hydrogens (tertiary/aromatic N) is 1. The average Bonchev–Trinajstić information content (AvgIpc) is 3.36. The zero-order valence-corrected chi connectivity index (χ0v) is 20.1. The fourth-order valence-electron chi connectivity index (χ4n) is 3.88. The van der Waals surface area contributed by atoms with Crippen molar-refractivity contribution in [2.24, 2.45) is 10.7 Å². The molecule has 31 heavy (non-hydrogen) atoms. The molecule has 1 aromatic rings. The predicted octanol–water partition coefficient (Wildman–Crippen LogP) is 5.55. The Labute approximate surface area is 194 Å². The maximum Gasteiger partial charge on any atom is 0.138 e. The number of nitrogens with two attached hydrogens (primary N) is 1. The summed E-state index contributed by atoms with van der Waals surface area (Å²) in [5, 5.41) is 3.60. The minimum atomic E-state index is -0.0954. The monoisotopic (exact) mass is 453 g/mol. The number of nitrogens with one attached hydrogen (secondary N) is 1. The van der Waals surface area contributed by atoms with Crippen molar-refractivity contribution >= 4 is 34.3 Å². The Morgan fingerprint density at radius 2 is 2.06 bits per heavy atom. The van der Waals surface area contributed by atoms with Crippen molar-refractivity contribution in [1.82, 2.24) is 5.32 Å². The molecular formula is C25H31N3OS2. The average molecular weight is 454 g/mol. The fraction of sp³-hybridized carbons (Fsp3) is 0.400. The van der Waals surface area contributed by atoms with Crippen molar-refractivity contribution < 1.29 is 4.74 Å². The van der Waals surface area contributed by atoms with E-state index in [9.17, 15) is 0 Å². The summed E-state index contributed by atoms with van der Waals surface area (Å²) in [7, 11) is 0. The van der Waals surface area contributed by atoms with Crippen LogP contribution in [0.25, 0.3) is 4.91 Å². The smallest absolute Gasteiger partial charge is 0.138 e. The highest BCUT2D eigenvalue weighted by molar-refractivity contribution is 8.09. The summed E-state index contributed by atoms with van der Waals surface area (Å²) in [6.45, 7) is 11.3. The number of thioether (sulfide) groups is 2. The van der Waals surface area contributed by atoms with Crippen molar-refractivity contribution in [1.29, 1.82) is 0 Å². The molecule has 2 unspecified atom stereocenters. The van der Waals surface area contributed by atoms with Crippen LogP contribution >= 0.6 is 23.5 Å². The van der Waals surface area contributed by atoms with Gasteiger partial charge in [0.1, 0.15) is 17.5 Å². The van der Waals surface area contributed by atoms with E-state index in [2.05, 4.69) is 74.1 Å². The number of amidine groups is 1. The van der Waals surface area contributed by atoms with Crippen LogP contribution in [0.5, 0.6) is 0 Å². The highest BCUT2D eigenvalue weighted by atomic mass is 32.2. The maximum atomic E-state index is 6.52. The predicted molar refractivity (Wildman–Crippen MR) is 136 cm³/mol. The third-order valence-corrected chi connectivity index (χ3v) is 8.02. The standard InChI is InChI=1S/C25H31N3OS2/c1-5-27-24(28-14-16-6-11-20-22(12-16)30-15-29-20)23-19(26)13-21(31-23)17-7-9-18(10-8-17)25(2,3)4/h5,7-10,12-13,19,23H,1,6,11,14-15,26H2,2-4H3,(H,27,28). The van der Waals surface area contributed by atoms with Gasteiger partial charge in [-0.2, -0.15) is 0 Å². The van der Waals surface area contributed by atoms with E-state index in [0.717, 1.165) is 36.9 Å². The lowest BCUT2D eigenvalue weighted by Crippen LogP contribution is -2.42. The first-order valence-electron chi connectivity index (χ1n) is 10.7. The van der Waals surface area contributed by atoms with Crippen molar-refractivity contribution in [3.8, 4) is 0 Å². The first kappa shape index (κ1) is 22.3. The molecule has 0 aromatic heterocycles.